The molecular weight excluding hydrogens is 446 g/mol. The zero-order chi connectivity index (χ0) is 24.1. The van der Waals surface area contributed by atoms with E-state index in [1.807, 2.05) is 20.8 Å². The monoisotopic (exact) mass is 471 g/mol. The zero-order valence-corrected chi connectivity index (χ0v) is 19.8. The van der Waals surface area contributed by atoms with Gasteiger partial charge in [-0.2, -0.15) is 0 Å². The van der Waals surface area contributed by atoms with Gasteiger partial charge < -0.3 is 9.47 Å². The van der Waals surface area contributed by atoms with Crippen molar-refractivity contribution in [2.24, 2.45) is 7.05 Å². The van der Waals surface area contributed by atoms with Crippen molar-refractivity contribution in [3.8, 4) is 17.2 Å². The second-order valence-corrected chi connectivity index (χ2v) is 9.88. The number of rotatable bonds is 6. The Morgan fingerprint density at radius 3 is 2.24 bits per heavy atom. The van der Waals surface area contributed by atoms with Crippen LogP contribution in [0.2, 0.25) is 0 Å². The maximum Gasteiger partial charge on any atom is 0.275 e. The molecule has 0 radical (unpaired) electrons. The quantitative estimate of drug-likeness (QED) is 0.553. The van der Waals surface area contributed by atoms with Gasteiger partial charge in [0.1, 0.15) is 0 Å². The Labute approximate surface area is 191 Å². The summed E-state index contributed by atoms with van der Waals surface area (Å²) in [5.41, 5.74) is 2.26. The number of hydrogen-bond donors (Lipinski definition) is 1. The Bertz CT molecular complexity index is 1420. The summed E-state index contributed by atoms with van der Waals surface area (Å²) in [5.74, 6) is 0.482. The first kappa shape index (κ1) is 22.7. The van der Waals surface area contributed by atoms with E-state index in [4.69, 9.17) is 9.47 Å². The highest BCUT2D eigenvalue weighted by atomic mass is 32.2. The summed E-state index contributed by atoms with van der Waals surface area (Å²) in [6.45, 7) is 7.14. The lowest BCUT2D eigenvalue weighted by Crippen LogP contribution is -2.21. The van der Waals surface area contributed by atoms with Crippen molar-refractivity contribution in [3.63, 3.8) is 0 Å². The van der Waals surface area contributed by atoms with Crippen LogP contribution in [0.4, 0.5) is 5.69 Å². The SMILES string of the molecule is CC(=O)c1cc2c(cc1NS(=O)(=O)c1ccc(-n3c(=O)c(C(C)C)c(C)n3C)cc1)OCO2. The summed E-state index contributed by atoms with van der Waals surface area (Å²) < 4.78 is 42.4. The molecule has 0 saturated heterocycles. The molecule has 0 spiro atoms. The van der Waals surface area contributed by atoms with Gasteiger partial charge in [0, 0.05) is 29.9 Å². The molecule has 10 heteroatoms. The third-order valence-electron chi connectivity index (χ3n) is 5.70. The van der Waals surface area contributed by atoms with E-state index in [0.717, 1.165) is 11.3 Å². The Morgan fingerprint density at radius 1 is 1.09 bits per heavy atom. The number of carbonyl (C=O) groups excluding carboxylic acids is 1. The normalized spacial score (nSPS) is 12.9. The molecule has 3 aromatic rings. The number of nitrogens with zero attached hydrogens (tertiary/aromatic N) is 2. The molecule has 1 N–H and O–H groups in total. The van der Waals surface area contributed by atoms with Crippen molar-refractivity contribution < 1.29 is 22.7 Å². The van der Waals surface area contributed by atoms with Gasteiger partial charge in [0.15, 0.2) is 17.3 Å². The van der Waals surface area contributed by atoms with E-state index in [-0.39, 0.29) is 40.2 Å². The maximum atomic E-state index is 13.0. The summed E-state index contributed by atoms with van der Waals surface area (Å²) in [6, 6.07) is 8.88. The van der Waals surface area contributed by atoms with E-state index in [1.165, 1.54) is 35.9 Å². The van der Waals surface area contributed by atoms with Crippen molar-refractivity contribution in [3.05, 3.63) is 63.6 Å². The smallest absolute Gasteiger partial charge is 0.275 e. The number of ether oxygens (including phenoxy) is 2. The van der Waals surface area contributed by atoms with E-state index >= 15 is 0 Å². The number of ketones is 1. The van der Waals surface area contributed by atoms with Gasteiger partial charge in [-0.3, -0.25) is 19.0 Å². The van der Waals surface area contributed by atoms with E-state index in [9.17, 15) is 18.0 Å². The molecule has 2 aromatic carbocycles. The molecule has 4 rings (SSSR count). The number of carbonyl (C=O) groups is 1. The largest absolute Gasteiger partial charge is 0.454 e. The fraction of sp³-hybridized carbons (Fsp3) is 0.304. The lowest BCUT2D eigenvalue weighted by Gasteiger charge is -2.13. The van der Waals surface area contributed by atoms with Gasteiger partial charge in [0.2, 0.25) is 6.79 Å². The van der Waals surface area contributed by atoms with Crippen LogP contribution >= 0.6 is 0 Å². The molecule has 33 heavy (non-hydrogen) atoms. The Balaban J connectivity index is 1.69. The van der Waals surface area contributed by atoms with E-state index in [1.54, 1.807) is 23.9 Å². The number of benzene rings is 2. The molecule has 0 aliphatic carbocycles. The first-order chi connectivity index (χ1) is 15.5. The summed E-state index contributed by atoms with van der Waals surface area (Å²) >= 11 is 0. The third-order valence-corrected chi connectivity index (χ3v) is 7.08. The van der Waals surface area contributed by atoms with Gasteiger partial charge in [-0.25, -0.2) is 13.1 Å². The topological polar surface area (TPSA) is 109 Å². The predicted molar refractivity (Wildman–Crippen MR) is 123 cm³/mol. The summed E-state index contributed by atoms with van der Waals surface area (Å²) in [7, 11) is -2.23. The van der Waals surface area contributed by atoms with Crippen LogP contribution in [0, 0.1) is 6.92 Å². The van der Waals surface area contributed by atoms with Gasteiger partial charge in [-0.05, 0) is 50.1 Å². The Kier molecular flexibility index (Phi) is 5.57. The second-order valence-electron chi connectivity index (χ2n) is 8.20. The molecule has 0 bridgehead atoms. The van der Waals surface area contributed by atoms with Gasteiger partial charge in [0.05, 0.1) is 16.3 Å². The van der Waals surface area contributed by atoms with Gasteiger partial charge in [0.25, 0.3) is 15.6 Å². The molecule has 9 nitrogen and oxygen atoms in total. The average Bonchev–Trinajstić information content (AvgIpc) is 3.28. The molecule has 174 valence electrons. The fourth-order valence-electron chi connectivity index (χ4n) is 3.97. The number of fused-ring (bicyclic) bond motifs is 1. The number of Topliss-reactive ketones (excluding diaryl/α,β-unsaturated/α-hetero) is 1. The van der Waals surface area contributed by atoms with Crippen LogP contribution in [0.1, 0.15) is 48.3 Å². The molecule has 1 aliphatic rings. The van der Waals surface area contributed by atoms with Crippen molar-refractivity contribution in [2.75, 3.05) is 11.5 Å². The van der Waals surface area contributed by atoms with Crippen LogP contribution in [-0.4, -0.2) is 30.4 Å². The lowest BCUT2D eigenvalue weighted by molar-refractivity contribution is 0.101. The minimum absolute atomic E-state index is 0.000858. The van der Waals surface area contributed by atoms with E-state index in [2.05, 4.69) is 4.72 Å². The van der Waals surface area contributed by atoms with Crippen LogP contribution in [0.5, 0.6) is 11.5 Å². The minimum atomic E-state index is -4.02. The average molecular weight is 472 g/mol. The number of aromatic nitrogens is 2. The number of hydrogen-bond acceptors (Lipinski definition) is 6. The van der Waals surface area contributed by atoms with Crippen LogP contribution in [-0.2, 0) is 17.1 Å². The molecule has 2 heterocycles. The standard InChI is InChI=1S/C23H25N3O6S/c1-13(2)22-14(3)25(5)26(23(22)28)16-6-8-17(9-7-16)33(29,30)24-19-11-21-20(31-12-32-21)10-18(19)15(4)27/h6-11,13,24H,12H2,1-5H3. The summed E-state index contributed by atoms with van der Waals surface area (Å²) in [4.78, 5) is 25.0. The molecular formula is C23H25N3O6S. The highest BCUT2D eigenvalue weighted by Crippen LogP contribution is 2.38. The molecule has 1 aliphatic heterocycles. The molecule has 0 unspecified atom stereocenters. The van der Waals surface area contributed by atoms with E-state index < -0.39 is 10.0 Å². The summed E-state index contributed by atoms with van der Waals surface area (Å²) in [6.07, 6.45) is 0. The van der Waals surface area contributed by atoms with E-state index in [0.29, 0.717) is 17.2 Å². The van der Waals surface area contributed by atoms with Crippen molar-refractivity contribution in [1.29, 1.82) is 0 Å². The van der Waals surface area contributed by atoms with Crippen molar-refractivity contribution >= 4 is 21.5 Å². The second kappa shape index (κ2) is 8.11. The number of nitrogens with one attached hydrogen (secondary N) is 1. The lowest BCUT2D eigenvalue weighted by atomic mass is 10.0. The molecule has 1 aromatic heterocycles. The first-order valence-corrected chi connectivity index (χ1v) is 11.9. The van der Waals surface area contributed by atoms with Gasteiger partial charge >= 0.3 is 0 Å². The first-order valence-electron chi connectivity index (χ1n) is 10.4. The maximum absolute atomic E-state index is 13.0. The highest BCUT2D eigenvalue weighted by Gasteiger charge is 2.24. The molecule has 0 amide bonds. The van der Waals surface area contributed by atoms with Crippen LogP contribution in [0.3, 0.4) is 0 Å². The summed E-state index contributed by atoms with van der Waals surface area (Å²) in [5, 5.41) is 0. The zero-order valence-electron chi connectivity index (χ0n) is 19.0. The van der Waals surface area contributed by atoms with Gasteiger partial charge in [-0.1, -0.05) is 13.8 Å². The molecule has 0 atom stereocenters. The van der Waals surface area contributed by atoms with Crippen LogP contribution in [0.15, 0.2) is 46.1 Å². The molecule has 0 fully saturated rings. The number of sulfonamides is 1. The van der Waals surface area contributed by atoms with Crippen LogP contribution < -0.4 is 19.8 Å². The number of anilines is 1. The van der Waals surface area contributed by atoms with Crippen molar-refractivity contribution in [2.45, 2.75) is 38.5 Å². The Morgan fingerprint density at radius 2 is 1.70 bits per heavy atom. The Hall–Kier alpha value is -3.53. The predicted octanol–water partition coefficient (Wildman–Crippen LogP) is 3.34. The third kappa shape index (κ3) is 3.91. The van der Waals surface area contributed by atoms with Crippen molar-refractivity contribution in [1.82, 2.24) is 9.36 Å². The fourth-order valence-corrected chi connectivity index (χ4v) is 5.04. The van der Waals surface area contributed by atoms with Gasteiger partial charge in [-0.15, -0.1) is 0 Å². The molecule has 0 saturated carbocycles. The minimum Gasteiger partial charge on any atom is -0.454 e. The highest BCUT2D eigenvalue weighted by molar-refractivity contribution is 7.92. The van der Waals surface area contributed by atoms with Crippen LogP contribution in [0.25, 0.3) is 5.69 Å².